The molecular weight excluding hydrogens is 386 g/mol. The molecule has 1 saturated heterocycles. The van der Waals surface area contributed by atoms with Crippen LogP contribution in [0, 0.1) is 31.4 Å². The van der Waals surface area contributed by atoms with E-state index in [4.69, 9.17) is 4.98 Å². The lowest BCUT2D eigenvalue weighted by Gasteiger charge is -2.31. The molecule has 0 spiro atoms. The molecule has 0 bridgehead atoms. The second-order valence-electron chi connectivity index (χ2n) is 7.84. The number of aromatic nitrogens is 2. The first-order valence-electron chi connectivity index (χ1n) is 10.1. The zero-order valence-corrected chi connectivity index (χ0v) is 17.1. The number of carbonyl (C=O) groups is 1. The zero-order chi connectivity index (χ0) is 21.3. The van der Waals surface area contributed by atoms with Crippen molar-refractivity contribution >= 4 is 22.8 Å². The number of nitrogens with zero attached hydrogens (tertiary/aromatic N) is 3. The van der Waals surface area contributed by atoms with E-state index in [0.717, 1.165) is 40.4 Å². The third kappa shape index (κ3) is 4.25. The summed E-state index contributed by atoms with van der Waals surface area (Å²) in [5, 5.41) is 3.78. The number of hydrogen-bond acceptors (Lipinski definition) is 4. The Hall–Kier alpha value is -3.09. The van der Waals surface area contributed by atoms with Gasteiger partial charge in [-0.05, 0) is 56.5 Å². The number of rotatable bonds is 4. The smallest absolute Gasteiger partial charge is 0.226 e. The normalized spacial score (nSPS) is 14.9. The molecule has 2 heterocycles. The fraction of sp³-hybridized carbons (Fsp3) is 0.348. The summed E-state index contributed by atoms with van der Waals surface area (Å²) in [7, 11) is 0. The maximum absolute atomic E-state index is 13.7. The molecule has 30 heavy (non-hydrogen) atoms. The van der Waals surface area contributed by atoms with Crippen LogP contribution in [-0.2, 0) is 11.3 Å². The van der Waals surface area contributed by atoms with E-state index in [-0.39, 0.29) is 23.9 Å². The van der Waals surface area contributed by atoms with Crippen molar-refractivity contribution in [2.24, 2.45) is 5.92 Å². The maximum Gasteiger partial charge on any atom is 0.226 e. The third-order valence-corrected chi connectivity index (χ3v) is 5.64. The fourth-order valence-corrected chi connectivity index (χ4v) is 3.87. The van der Waals surface area contributed by atoms with Gasteiger partial charge >= 0.3 is 0 Å². The van der Waals surface area contributed by atoms with Crippen LogP contribution in [0.15, 0.2) is 36.4 Å². The number of carbonyl (C=O) groups excluding carboxylic acids is 1. The largest absolute Gasteiger partial charge is 0.352 e. The minimum absolute atomic E-state index is 0.0189. The monoisotopic (exact) mass is 410 g/mol. The average Bonchev–Trinajstić information content (AvgIpc) is 2.74. The summed E-state index contributed by atoms with van der Waals surface area (Å²) < 4.78 is 27.0. The highest BCUT2D eigenvalue weighted by molar-refractivity contribution is 5.82. The second kappa shape index (κ2) is 8.34. The summed E-state index contributed by atoms with van der Waals surface area (Å²) in [4.78, 5) is 24.0. The van der Waals surface area contributed by atoms with Crippen molar-refractivity contribution in [1.82, 2.24) is 15.3 Å². The lowest BCUT2D eigenvalue weighted by molar-refractivity contribution is -0.125. The third-order valence-electron chi connectivity index (χ3n) is 5.64. The van der Waals surface area contributed by atoms with Gasteiger partial charge in [0.05, 0.1) is 11.2 Å². The molecule has 156 valence electrons. The van der Waals surface area contributed by atoms with Gasteiger partial charge in [-0.25, -0.2) is 18.7 Å². The van der Waals surface area contributed by atoms with Crippen LogP contribution in [-0.4, -0.2) is 29.0 Å². The van der Waals surface area contributed by atoms with Gasteiger partial charge in [-0.1, -0.05) is 12.1 Å². The lowest BCUT2D eigenvalue weighted by atomic mass is 9.96. The number of anilines is 1. The number of benzene rings is 2. The van der Waals surface area contributed by atoms with Gasteiger partial charge in [-0.2, -0.15) is 0 Å². The van der Waals surface area contributed by atoms with E-state index < -0.39 is 11.6 Å². The number of halogens is 2. The molecule has 0 radical (unpaired) electrons. The van der Waals surface area contributed by atoms with Crippen molar-refractivity contribution < 1.29 is 13.6 Å². The molecule has 3 aromatic rings. The molecule has 0 unspecified atom stereocenters. The molecule has 0 atom stereocenters. The Morgan fingerprint density at radius 2 is 1.87 bits per heavy atom. The van der Waals surface area contributed by atoms with Crippen molar-refractivity contribution in [3.8, 4) is 0 Å². The highest BCUT2D eigenvalue weighted by atomic mass is 19.1. The molecule has 0 aliphatic carbocycles. The van der Waals surface area contributed by atoms with Gasteiger partial charge in [0, 0.05) is 36.5 Å². The minimum Gasteiger partial charge on any atom is -0.352 e. The van der Waals surface area contributed by atoms with Crippen LogP contribution in [0.1, 0.15) is 29.7 Å². The van der Waals surface area contributed by atoms with Crippen molar-refractivity contribution in [1.29, 1.82) is 0 Å². The Balaban J connectivity index is 1.38. The van der Waals surface area contributed by atoms with E-state index in [2.05, 4.69) is 27.3 Å². The van der Waals surface area contributed by atoms with Gasteiger partial charge in [0.2, 0.25) is 11.9 Å². The Bertz CT molecular complexity index is 1090. The Kier molecular flexibility index (Phi) is 5.61. The molecule has 1 aliphatic rings. The molecule has 7 heteroatoms. The number of nitrogens with one attached hydrogen (secondary N) is 1. The Morgan fingerprint density at radius 3 is 2.63 bits per heavy atom. The number of aryl methyl sites for hydroxylation is 2. The second-order valence-corrected chi connectivity index (χ2v) is 7.84. The van der Waals surface area contributed by atoms with Gasteiger partial charge in [-0.3, -0.25) is 4.79 Å². The van der Waals surface area contributed by atoms with Gasteiger partial charge in [0.25, 0.3) is 0 Å². The number of fused-ring (bicyclic) bond motifs is 1. The summed E-state index contributed by atoms with van der Waals surface area (Å²) in [5.41, 5.74) is 3.16. The average molecular weight is 410 g/mol. The van der Waals surface area contributed by atoms with Crippen molar-refractivity contribution in [3.05, 3.63) is 64.9 Å². The molecule has 4 rings (SSSR count). The quantitative estimate of drug-likeness (QED) is 0.705. The van der Waals surface area contributed by atoms with E-state index in [1.54, 1.807) is 0 Å². The molecule has 1 amide bonds. The SMILES string of the molecule is Cc1ccc2c(C)nc(N3CCC(C(=O)NCc4cc(F)ccc4F)CC3)nc2c1. The van der Waals surface area contributed by atoms with Crippen LogP contribution in [0.5, 0.6) is 0 Å². The predicted octanol–water partition coefficient (Wildman–Crippen LogP) is 4.06. The Morgan fingerprint density at radius 1 is 1.10 bits per heavy atom. The number of hydrogen-bond donors (Lipinski definition) is 1. The first kappa shape index (κ1) is 20.2. The van der Waals surface area contributed by atoms with E-state index in [1.807, 2.05) is 19.9 Å². The molecule has 1 aliphatic heterocycles. The van der Waals surface area contributed by atoms with Crippen LogP contribution in [0.25, 0.3) is 10.9 Å². The first-order chi connectivity index (χ1) is 14.4. The lowest BCUT2D eigenvalue weighted by Crippen LogP contribution is -2.41. The van der Waals surface area contributed by atoms with Crippen molar-refractivity contribution in [3.63, 3.8) is 0 Å². The summed E-state index contributed by atoms with van der Waals surface area (Å²) in [5.74, 6) is -0.655. The summed E-state index contributed by atoms with van der Waals surface area (Å²) >= 11 is 0. The number of piperidine rings is 1. The van der Waals surface area contributed by atoms with Crippen LogP contribution in [0.2, 0.25) is 0 Å². The summed E-state index contributed by atoms with van der Waals surface area (Å²) in [6.45, 7) is 5.34. The van der Waals surface area contributed by atoms with E-state index in [0.29, 0.717) is 31.9 Å². The number of amides is 1. The van der Waals surface area contributed by atoms with Crippen LogP contribution < -0.4 is 10.2 Å². The van der Waals surface area contributed by atoms with E-state index in [1.165, 1.54) is 0 Å². The fourth-order valence-electron chi connectivity index (χ4n) is 3.87. The maximum atomic E-state index is 13.7. The molecule has 2 aromatic carbocycles. The topological polar surface area (TPSA) is 58.1 Å². The zero-order valence-electron chi connectivity index (χ0n) is 17.1. The minimum atomic E-state index is -0.523. The van der Waals surface area contributed by atoms with Gasteiger partial charge in [0.15, 0.2) is 0 Å². The molecule has 1 aromatic heterocycles. The van der Waals surface area contributed by atoms with Gasteiger partial charge in [-0.15, -0.1) is 0 Å². The van der Waals surface area contributed by atoms with Crippen LogP contribution >= 0.6 is 0 Å². The van der Waals surface area contributed by atoms with Gasteiger partial charge < -0.3 is 10.2 Å². The van der Waals surface area contributed by atoms with E-state index >= 15 is 0 Å². The highest BCUT2D eigenvalue weighted by Crippen LogP contribution is 2.25. The summed E-state index contributed by atoms with van der Waals surface area (Å²) in [6.07, 6.45) is 1.32. The van der Waals surface area contributed by atoms with Crippen LogP contribution in [0.3, 0.4) is 0 Å². The highest BCUT2D eigenvalue weighted by Gasteiger charge is 2.26. The van der Waals surface area contributed by atoms with Crippen molar-refractivity contribution in [2.45, 2.75) is 33.2 Å². The Labute approximate surface area is 174 Å². The van der Waals surface area contributed by atoms with Crippen molar-refractivity contribution in [2.75, 3.05) is 18.0 Å². The van der Waals surface area contributed by atoms with E-state index in [9.17, 15) is 13.6 Å². The van der Waals surface area contributed by atoms with Crippen LogP contribution in [0.4, 0.5) is 14.7 Å². The summed E-state index contributed by atoms with van der Waals surface area (Å²) in [6, 6.07) is 9.40. The molecule has 1 N–H and O–H groups in total. The molecule has 0 saturated carbocycles. The first-order valence-corrected chi connectivity index (χ1v) is 10.1. The molecule has 5 nitrogen and oxygen atoms in total. The van der Waals surface area contributed by atoms with Gasteiger partial charge in [0.1, 0.15) is 11.6 Å². The molecular formula is C23H24F2N4O. The standard InChI is InChI=1S/C23H24F2N4O/c1-14-3-5-19-15(2)27-23(28-21(19)11-14)29-9-7-16(8-10-29)22(30)26-13-17-12-18(24)4-6-20(17)25/h3-6,11-12,16H,7-10,13H2,1-2H3,(H,26,30). The molecule has 1 fully saturated rings. The predicted molar refractivity (Wildman–Crippen MR) is 112 cm³/mol.